The third kappa shape index (κ3) is 4.49. The van der Waals surface area contributed by atoms with Crippen molar-refractivity contribution < 1.29 is 13.9 Å². The molecule has 0 saturated carbocycles. The second kappa shape index (κ2) is 7.24. The predicted octanol–water partition coefficient (Wildman–Crippen LogP) is 1.96. The molecule has 1 aromatic rings. The lowest BCUT2D eigenvalue weighted by atomic mass is 10.0. The Kier molecular flexibility index (Phi) is 5.95. The fraction of sp³-hybridized carbons (Fsp3) is 0.533. The lowest BCUT2D eigenvalue weighted by Crippen LogP contribution is -2.35. The average molecular weight is 282 g/mol. The van der Waals surface area contributed by atoms with Gasteiger partial charge in [0.1, 0.15) is 0 Å². The Morgan fingerprint density at radius 2 is 2.10 bits per heavy atom. The van der Waals surface area contributed by atoms with Crippen LogP contribution in [0.3, 0.4) is 0 Å². The zero-order valence-electron chi connectivity index (χ0n) is 12.5. The number of ether oxygens (including phenoxy) is 1. The molecule has 2 atom stereocenters. The topological polar surface area (TPSA) is 55.6 Å². The summed E-state index contributed by atoms with van der Waals surface area (Å²) < 4.78 is 19.3. The van der Waals surface area contributed by atoms with E-state index in [4.69, 9.17) is 10.5 Å². The van der Waals surface area contributed by atoms with Crippen LogP contribution in [0.25, 0.3) is 0 Å². The first-order valence-electron chi connectivity index (χ1n) is 6.77. The smallest absolute Gasteiger partial charge is 0.262 e. The number of carbonyl (C=O) groups excluding carboxylic acids is 1. The van der Waals surface area contributed by atoms with Crippen molar-refractivity contribution >= 4 is 5.91 Å². The molecule has 2 unspecified atom stereocenters. The van der Waals surface area contributed by atoms with Gasteiger partial charge in [-0.05, 0) is 37.5 Å². The third-order valence-corrected chi connectivity index (χ3v) is 3.11. The molecule has 0 fully saturated rings. The van der Waals surface area contributed by atoms with Crippen LogP contribution < -0.4 is 10.5 Å². The van der Waals surface area contributed by atoms with Gasteiger partial charge in [-0.25, -0.2) is 4.39 Å². The largest absolute Gasteiger partial charge is 0.478 e. The number of amides is 1. The summed E-state index contributed by atoms with van der Waals surface area (Å²) in [5, 5.41) is 0. The molecule has 1 rings (SSSR count). The maximum absolute atomic E-state index is 13.9. The van der Waals surface area contributed by atoms with E-state index in [1.807, 2.05) is 6.92 Å². The number of hydrogen-bond donors (Lipinski definition) is 1. The number of nitrogens with two attached hydrogens (primary N) is 1. The number of likely N-dealkylation sites (N-methyl/N-ethyl adjacent to an activating group) is 1. The molecule has 0 bridgehead atoms. The number of halogens is 1. The minimum absolute atomic E-state index is 0.0235. The Bertz CT molecular complexity index is 463. The lowest BCUT2D eigenvalue weighted by molar-refractivity contribution is -0.135. The highest BCUT2D eigenvalue weighted by atomic mass is 19.1. The summed E-state index contributed by atoms with van der Waals surface area (Å²) in [6, 6.07) is 4.76. The summed E-state index contributed by atoms with van der Waals surface area (Å²) in [4.78, 5) is 13.1. The highest BCUT2D eigenvalue weighted by molar-refractivity contribution is 5.80. The zero-order valence-corrected chi connectivity index (χ0v) is 12.5. The van der Waals surface area contributed by atoms with Crippen LogP contribution in [-0.2, 0) is 11.2 Å². The van der Waals surface area contributed by atoms with Crippen LogP contribution in [0.15, 0.2) is 18.2 Å². The second-order valence-corrected chi connectivity index (χ2v) is 5.13. The first-order valence-corrected chi connectivity index (χ1v) is 6.77. The van der Waals surface area contributed by atoms with Gasteiger partial charge in [-0.15, -0.1) is 0 Å². The van der Waals surface area contributed by atoms with E-state index < -0.39 is 11.9 Å². The van der Waals surface area contributed by atoms with Crippen LogP contribution in [0, 0.1) is 5.82 Å². The number of benzene rings is 1. The molecule has 1 amide bonds. The minimum atomic E-state index is -0.719. The average Bonchev–Trinajstić information content (AvgIpc) is 2.40. The summed E-state index contributed by atoms with van der Waals surface area (Å²) in [7, 11) is 3.27. The Morgan fingerprint density at radius 1 is 1.45 bits per heavy atom. The van der Waals surface area contributed by atoms with Crippen molar-refractivity contribution in [3.63, 3.8) is 0 Å². The van der Waals surface area contributed by atoms with E-state index in [1.165, 1.54) is 11.0 Å². The van der Waals surface area contributed by atoms with Crippen LogP contribution in [0.1, 0.15) is 25.8 Å². The van der Waals surface area contributed by atoms with Crippen LogP contribution >= 0.6 is 0 Å². The molecule has 112 valence electrons. The van der Waals surface area contributed by atoms with Gasteiger partial charge in [0.15, 0.2) is 17.7 Å². The predicted molar refractivity (Wildman–Crippen MR) is 77.2 cm³/mol. The van der Waals surface area contributed by atoms with Crippen molar-refractivity contribution in [2.45, 2.75) is 38.8 Å². The maximum atomic E-state index is 13.9. The highest BCUT2D eigenvalue weighted by Gasteiger charge is 2.18. The standard InChI is InChI=1S/C15H23FN2O2/c1-5-12(17)8-11-6-7-14(13(16)9-11)20-10(2)15(19)18(3)4/h6-7,9-10,12H,5,8,17H2,1-4H3. The summed E-state index contributed by atoms with van der Waals surface area (Å²) >= 11 is 0. The molecule has 2 N–H and O–H groups in total. The summed E-state index contributed by atoms with van der Waals surface area (Å²) in [6.45, 7) is 3.59. The van der Waals surface area contributed by atoms with E-state index in [0.29, 0.717) is 6.42 Å². The van der Waals surface area contributed by atoms with Crippen LogP contribution in [-0.4, -0.2) is 37.0 Å². The van der Waals surface area contributed by atoms with Gasteiger partial charge < -0.3 is 15.4 Å². The number of hydrogen-bond acceptors (Lipinski definition) is 3. The van der Waals surface area contributed by atoms with Crippen LogP contribution in [0.4, 0.5) is 4.39 Å². The number of nitrogens with zero attached hydrogens (tertiary/aromatic N) is 1. The number of rotatable bonds is 6. The molecule has 0 aliphatic carbocycles. The Hall–Kier alpha value is -1.62. The minimum Gasteiger partial charge on any atom is -0.478 e. The van der Waals surface area contributed by atoms with E-state index in [2.05, 4.69) is 0 Å². The maximum Gasteiger partial charge on any atom is 0.262 e. The van der Waals surface area contributed by atoms with Gasteiger partial charge in [-0.1, -0.05) is 13.0 Å². The lowest BCUT2D eigenvalue weighted by Gasteiger charge is -2.19. The van der Waals surface area contributed by atoms with Gasteiger partial charge in [0.2, 0.25) is 0 Å². The second-order valence-electron chi connectivity index (χ2n) is 5.13. The Morgan fingerprint density at radius 3 is 2.60 bits per heavy atom. The molecule has 0 saturated heterocycles. The van der Waals surface area contributed by atoms with Crippen LogP contribution in [0.5, 0.6) is 5.75 Å². The first kappa shape index (κ1) is 16.4. The Labute approximate surface area is 119 Å². The van der Waals surface area contributed by atoms with E-state index >= 15 is 0 Å². The number of carbonyl (C=O) groups is 1. The van der Waals surface area contributed by atoms with E-state index in [-0.39, 0.29) is 17.7 Å². The van der Waals surface area contributed by atoms with Gasteiger partial charge in [-0.3, -0.25) is 4.79 Å². The van der Waals surface area contributed by atoms with Gasteiger partial charge in [0.25, 0.3) is 5.91 Å². The van der Waals surface area contributed by atoms with Crippen molar-refractivity contribution in [3.05, 3.63) is 29.6 Å². The van der Waals surface area contributed by atoms with Gasteiger partial charge in [0, 0.05) is 20.1 Å². The van der Waals surface area contributed by atoms with E-state index in [1.54, 1.807) is 33.2 Å². The molecule has 0 spiro atoms. The summed E-state index contributed by atoms with van der Waals surface area (Å²) in [6.07, 6.45) is 0.747. The van der Waals surface area contributed by atoms with Crippen molar-refractivity contribution in [1.29, 1.82) is 0 Å². The molecule has 0 aliphatic rings. The molecular formula is C15H23FN2O2. The van der Waals surface area contributed by atoms with E-state index in [9.17, 15) is 9.18 Å². The van der Waals surface area contributed by atoms with Gasteiger partial charge in [-0.2, -0.15) is 0 Å². The molecule has 5 heteroatoms. The van der Waals surface area contributed by atoms with Crippen molar-refractivity contribution in [2.24, 2.45) is 5.73 Å². The summed E-state index contributed by atoms with van der Waals surface area (Å²) in [5.41, 5.74) is 6.67. The molecule has 20 heavy (non-hydrogen) atoms. The van der Waals surface area contributed by atoms with Crippen molar-refractivity contribution in [2.75, 3.05) is 14.1 Å². The third-order valence-electron chi connectivity index (χ3n) is 3.11. The molecular weight excluding hydrogens is 259 g/mol. The van der Waals surface area contributed by atoms with Crippen molar-refractivity contribution in [3.8, 4) is 5.75 Å². The molecule has 1 aromatic carbocycles. The van der Waals surface area contributed by atoms with Crippen LogP contribution in [0.2, 0.25) is 0 Å². The van der Waals surface area contributed by atoms with E-state index in [0.717, 1.165) is 12.0 Å². The summed E-state index contributed by atoms with van der Waals surface area (Å²) in [5.74, 6) is -0.591. The van der Waals surface area contributed by atoms with Crippen molar-refractivity contribution in [1.82, 2.24) is 4.90 Å². The first-order chi connectivity index (χ1) is 9.35. The van der Waals surface area contributed by atoms with Gasteiger partial charge in [0.05, 0.1) is 0 Å². The monoisotopic (exact) mass is 282 g/mol. The highest BCUT2D eigenvalue weighted by Crippen LogP contribution is 2.21. The molecule has 0 aliphatic heterocycles. The molecule has 0 heterocycles. The SMILES string of the molecule is CCC(N)Cc1ccc(OC(C)C(=O)N(C)C)c(F)c1. The normalized spacial score (nSPS) is 13.7. The Balaban J connectivity index is 2.76. The quantitative estimate of drug-likeness (QED) is 0.867. The van der Waals surface area contributed by atoms with Gasteiger partial charge >= 0.3 is 0 Å². The molecule has 4 nitrogen and oxygen atoms in total. The zero-order chi connectivity index (χ0) is 15.3. The fourth-order valence-corrected chi connectivity index (χ4v) is 1.82. The fourth-order valence-electron chi connectivity index (χ4n) is 1.82. The molecule has 0 aromatic heterocycles. The molecule has 0 radical (unpaired) electrons.